The van der Waals surface area contributed by atoms with Gasteiger partial charge in [0.25, 0.3) is 0 Å². The highest BCUT2D eigenvalue weighted by Gasteiger charge is 2.29. The Kier molecular flexibility index (Phi) is 4.24. The van der Waals surface area contributed by atoms with Crippen LogP contribution < -0.4 is 15.4 Å². The predicted molar refractivity (Wildman–Crippen MR) is 74.1 cm³/mol. The first-order valence-corrected chi connectivity index (χ1v) is 6.46. The van der Waals surface area contributed by atoms with Gasteiger partial charge in [-0.3, -0.25) is 4.79 Å². The molecule has 1 atom stereocenters. The van der Waals surface area contributed by atoms with E-state index in [1.807, 2.05) is 6.92 Å². The summed E-state index contributed by atoms with van der Waals surface area (Å²) in [4.78, 5) is 23.1. The van der Waals surface area contributed by atoms with Crippen molar-refractivity contribution in [1.82, 2.24) is 5.32 Å². The first-order chi connectivity index (χ1) is 9.52. The topological polar surface area (TPSA) is 87.7 Å². The molecule has 0 saturated carbocycles. The third-order valence-corrected chi connectivity index (χ3v) is 3.64. The molecule has 1 amide bonds. The van der Waals surface area contributed by atoms with Crippen molar-refractivity contribution in [2.45, 2.75) is 6.92 Å². The van der Waals surface area contributed by atoms with Gasteiger partial charge in [-0.15, -0.1) is 0 Å². The number of carbonyl (C=O) groups excluding carboxylic acids is 1. The van der Waals surface area contributed by atoms with E-state index in [9.17, 15) is 9.59 Å². The summed E-state index contributed by atoms with van der Waals surface area (Å²) in [6.07, 6.45) is 0. The maximum atomic E-state index is 12.2. The van der Waals surface area contributed by atoms with E-state index >= 15 is 0 Å². The Labute approximate surface area is 117 Å². The molecule has 6 nitrogen and oxygen atoms in total. The molecule has 1 aliphatic heterocycles. The molecule has 0 radical (unpaired) electrons. The van der Waals surface area contributed by atoms with Crippen LogP contribution in [-0.4, -0.2) is 37.2 Å². The summed E-state index contributed by atoms with van der Waals surface area (Å²) in [6.45, 7) is 3.54. The van der Waals surface area contributed by atoms with Gasteiger partial charge < -0.3 is 20.5 Å². The van der Waals surface area contributed by atoms with Crippen LogP contribution in [0.5, 0.6) is 5.75 Å². The Balaban J connectivity index is 2.15. The van der Waals surface area contributed by atoms with Crippen molar-refractivity contribution in [3.8, 4) is 5.75 Å². The number of benzene rings is 1. The summed E-state index contributed by atoms with van der Waals surface area (Å²) in [7, 11) is 1.48. The summed E-state index contributed by atoms with van der Waals surface area (Å²) >= 11 is 0. The first-order valence-electron chi connectivity index (χ1n) is 6.46. The van der Waals surface area contributed by atoms with Gasteiger partial charge in [0.2, 0.25) is 5.91 Å². The van der Waals surface area contributed by atoms with Crippen molar-refractivity contribution in [3.05, 3.63) is 23.8 Å². The fourth-order valence-corrected chi connectivity index (χ4v) is 2.06. The van der Waals surface area contributed by atoms with Gasteiger partial charge in [-0.25, -0.2) is 4.79 Å². The highest BCUT2D eigenvalue weighted by molar-refractivity contribution is 5.96. The SMILES string of the molecule is COc1ccc(C(=O)O)cc1NC(=O)C(C)C1CNC1. The Morgan fingerprint density at radius 2 is 2.15 bits per heavy atom. The van der Waals surface area contributed by atoms with Crippen molar-refractivity contribution in [2.24, 2.45) is 11.8 Å². The summed E-state index contributed by atoms with van der Waals surface area (Å²) in [6, 6.07) is 4.38. The minimum Gasteiger partial charge on any atom is -0.495 e. The second-order valence-corrected chi connectivity index (χ2v) is 4.92. The molecule has 1 aliphatic rings. The lowest BCUT2D eigenvalue weighted by atomic mass is 9.88. The fraction of sp³-hybridized carbons (Fsp3) is 0.429. The molecule has 1 aromatic carbocycles. The van der Waals surface area contributed by atoms with E-state index in [1.165, 1.54) is 25.3 Å². The van der Waals surface area contributed by atoms with Crippen LogP contribution >= 0.6 is 0 Å². The van der Waals surface area contributed by atoms with E-state index in [0.717, 1.165) is 13.1 Å². The number of aromatic carboxylic acids is 1. The van der Waals surface area contributed by atoms with Gasteiger partial charge in [-0.05, 0) is 37.2 Å². The lowest BCUT2D eigenvalue weighted by Crippen LogP contribution is -2.48. The highest BCUT2D eigenvalue weighted by atomic mass is 16.5. The van der Waals surface area contributed by atoms with E-state index in [1.54, 1.807) is 0 Å². The van der Waals surface area contributed by atoms with E-state index in [2.05, 4.69) is 10.6 Å². The van der Waals surface area contributed by atoms with Gasteiger partial charge in [0, 0.05) is 5.92 Å². The number of hydrogen-bond acceptors (Lipinski definition) is 4. The molecule has 1 unspecified atom stereocenters. The lowest BCUT2D eigenvalue weighted by molar-refractivity contribution is -0.121. The Hall–Kier alpha value is -2.08. The molecule has 108 valence electrons. The number of amides is 1. The van der Waals surface area contributed by atoms with Crippen LogP contribution in [0.4, 0.5) is 5.69 Å². The maximum Gasteiger partial charge on any atom is 0.335 e. The van der Waals surface area contributed by atoms with Gasteiger partial charge in [0.05, 0.1) is 18.4 Å². The largest absolute Gasteiger partial charge is 0.495 e. The molecule has 0 spiro atoms. The minimum absolute atomic E-state index is 0.110. The molecule has 1 saturated heterocycles. The number of rotatable bonds is 5. The number of hydrogen-bond donors (Lipinski definition) is 3. The van der Waals surface area contributed by atoms with Crippen LogP contribution in [0.1, 0.15) is 17.3 Å². The van der Waals surface area contributed by atoms with E-state index in [0.29, 0.717) is 17.4 Å². The van der Waals surface area contributed by atoms with E-state index in [-0.39, 0.29) is 17.4 Å². The molecule has 1 heterocycles. The average molecular weight is 278 g/mol. The van der Waals surface area contributed by atoms with Crippen LogP contribution in [0.2, 0.25) is 0 Å². The lowest BCUT2D eigenvalue weighted by Gasteiger charge is -2.31. The third kappa shape index (κ3) is 2.91. The number of anilines is 1. The first kappa shape index (κ1) is 14.3. The standard InChI is InChI=1S/C14H18N2O4/c1-8(10-6-15-7-10)13(17)16-11-5-9(14(18)19)3-4-12(11)20-2/h3-5,8,10,15H,6-7H2,1-2H3,(H,16,17)(H,18,19). The normalized spacial score (nSPS) is 16.1. The number of nitrogens with one attached hydrogen (secondary N) is 2. The number of ether oxygens (including phenoxy) is 1. The minimum atomic E-state index is -1.04. The number of carboxylic acids is 1. The molecule has 1 aromatic rings. The molecular weight excluding hydrogens is 260 g/mol. The van der Waals surface area contributed by atoms with Crippen molar-refractivity contribution in [1.29, 1.82) is 0 Å². The Morgan fingerprint density at radius 1 is 1.45 bits per heavy atom. The van der Waals surface area contributed by atoms with Crippen molar-refractivity contribution >= 4 is 17.6 Å². The second kappa shape index (κ2) is 5.92. The smallest absolute Gasteiger partial charge is 0.335 e. The zero-order valence-corrected chi connectivity index (χ0v) is 11.5. The van der Waals surface area contributed by atoms with Crippen LogP contribution in [0.15, 0.2) is 18.2 Å². The number of methoxy groups -OCH3 is 1. The van der Waals surface area contributed by atoms with E-state index < -0.39 is 5.97 Å². The summed E-state index contributed by atoms with van der Waals surface area (Å²) in [5.41, 5.74) is 0.496. The molecule has 20 heavy (non-hydrogen) atoms. The van der Waals surface area contributed by atoms with Gasteiger partial charge in [-0.2, -0.15) is 0 Å². The summed E-state index contributed by atoms with van der Waals surface area (Å²) in [5, 5.41) is 14.9. The van der Waals surface area contributed by atoms with Gasteiger partial charge in [-0.1, -0.05) is 6.92 Å². The summed E-state index contributed by atoms with van der Waals surface area (Å²) < 4.78 is 5.14. The van der Waals surface area contributed by atoms with Crippen LogP contribution in [0, 0.1) is 11.8 Å². The number of carboxylic acid groups (broad SMARTS) is 1. The fourth-order valence-electron chi connectivity index (χ4n) is 2.06. The van der Waals surface area contributed by atoms with Crippen molar-refractivity contribution in [3.63, 3.8) is 0 Å². The van der Waals surface area contributed by atoms with Crippen molar-refractivity contribution < 1.29 is 19.4 Å². The van der Waals surface area contributed by atoms with Crippen LogP contribution in [-0.2, 0) is 4.79 Å². The predicted octanol–water partition coefficient (Wildman–Crippen LogP) is 1.19. The van der Waals surface area contributed by atoms with E-state index in [4.69, 9.17) is 9.84 Å². The van der Waals surface area contributed by atoms with Crippen LogP contribution in [0.25, 0.3) is 0 Å². The average Bonchev–Trinajstić information content (AvgIpc) is 2.36. The molecular formula is C14H18N2O4. The maximum absolute atomic E-state index is 12.2. The summed E-state index contributed by atoms with van der Waals surface area (Å²) in [5.74, 6) is -0.530. The highest BCUT2D eigenvalue weighted by Crippen LogP contribution is 2.27. The van der Waals surface area contributed by atoms with Gasteiger partial charge >= 0.3 is 5.97 Å². The molecule has 6 heteroatoms. The Morgan fingerprint density at radius 3 is 2.65 bits per heavy atom. The second-order valence-electron chi connectivity index (χ2n) is 4.92. The Bertz CT molecular complexity index is 526. The number of carbonyl (C=O) groups is 2. The van der Waals surface area contributed by atoms with Crippen molar-refractivity contribution in [2.75, 3.05) is 25.5 Å². The van der Waals surface area contributed by atoms with Gasteiger partial charge in [0.15, 0.2) is 0 Å². The zero-order valence-electron chi connectivity index (χ0n) is 11.5. The zero-order chi connectivity index (χ0) is 14.7. The molecule has 1 fully saturated rings. The van der Waals surface area contributed by atoms with Crippen LogP contribution in [0.3, 0.4) is 0 Å². The van der Waals surface area contributed by atoms with Gasteiger partial charge in [0.1, 0.15) is 5.75 Å². The third-order valence-electron chi connectivity index (χ3n) is 3.64. The molecule has 0 aromatic heterocycles. The quantitative estimate of drug-likeness (QED) is 0.753. The molecule has 2 rings (SSSR count). The molecule has 3 N–H and O–H groups in total. The molecule has 0 aliphatic carbocycles. The monoisotopic (exact) mass is 278 g/mol. The molecule has 0 bridgehead atoms.